The summed E-state index contributed by atoms with van der Waals surface area (Å²) in [6.07, 6.45) is 4.92. The van der Waals surface area contributed by atoms with Gasteiger partial charge < -0.3 is 8.98 Å². The van der Waals surface area contributed by atoms with Crippen molar-refractivity contribution >= 4 is 54.5 Å². The largest absolute Gasteiger partial charge is 0.454 e. The van der Waals surface area contributed by atoms with Crippen LogP contribution in [0.5, 0.6) is 0 Å². The van der Waals surface area contributed by atoms with Gasteiger partial charge in [-0.1, -0.05) is 103 Å². The number of fused-ring (bicyclic) bond motifs is 7. The highest BCUT2D eigenvalue weighted by Gasteiger charge is 2.21. The lowest BCUT2D eigenvalue weighted by Gasteiger charge is -2.15. The Bertz CT molecular complexity index is 2840. The van der Waals surface area contributed by atoms with Crippen molar-refractivity contribution in [2.45, 2.75) is 12.8 Å². The minimum absolute atomic E-state index is 0.601. The van der Waals surface area contributed by atoms with E-state index >= 15 is 0 Å². The van der Waals surface area contributed by atoms with Crippen molar-refractivity contribution in [1.29, 1.82) is 0 Å². The number of furan rings is 1. The molecule has 10 aromatic rings. The Kier molecular flexibility index (Phi) is 6.52. The summed E-state index contributed by atoms with van der Waals surface area (Å²) >= 11 is 0. The molecule has 6 heteroatoms. The minimum atomic E-state index is 0.601. The van der Waals surface area contributed by atoms with Gasteiger partial charge in [0, 0.05) is 45.3 Å². The van der Waals surface area contributed by atoms with E-state index in [-0.39, 0.29) is 0 Å². The lowest BCUT2D eigenvalue weighted by molar-refractivity contribution is 0.666. The molecule has 0 bridgehead atoms. The molecule has 6 nitrogen and oxygen atoms in total. The van der Waals surface area contributed by atoms with Gasteiger partial charge in [-0.25, -0.2) is 15.0 Å². The van der Waals surface area contributed by atoms with Crippen molar-refractivity contribution in [3.05, 3.63) is 163 Å². The molecule has 0 aliphatic rings. The van der Waals surface area contributed by atoms with Crippen molar-refractivity contribution < 1.29 is 4.42 Å². The van der Waals surface area contributed by atoms with E-state index in [9.17, 15) is 0 Å². The zero-order valence-corrected chi connectivity index (χ0v) is 27.0. The zero-order chi connectivity index (χ0) is 33.0. The average Bonchev–Trinajstić information content (AvgIpc) is 3.73. The van der Waals surface area contributed by atoms with Crippen molar-refractivity contribution in [3.63, 3.8) is 0 Å². The summed E-state index contributed by atoms with van der Waals surface area (Å²) in [5, 5.41) is 6.92. The fourth-order valence-electron chi connectivity index (χ4n) is 7.37. The van der Waals surface area contributed by atoms with Crippen LogP contribution in [0.1, 0.15) is 11.4 Å². The predicted octanol–water partition coefficient (Wildman–Crippen LogP) is 10.5. The molecular formula is C44H29N5O. The smallest absolute Gasteiger partial charge is 0.163 e. The van der Waals surface area contributed by atoms with Crippen LogP contribution in [0.25, 0.3) is 83.0 Å². The first kappa shape index (κ1) is 28.4. The van der Waals surface area contributed by atoms with Gasteiger partial charge in [-0.2, -0.15) is 0 Å². The second kappa shape index (κ2) is 11.5. The van der Waals surface area contributed by atoms with Crippen LogP contribution >= 0.6 is 0 Å². The van der Waals surface area contributed by atoms with Crippen LogP contribution < -0.4 is 0 Å². The van der Waals surface area contributed by atoms with Crippen LogP contribution in [0.3, 0.4) is 0 Å². The van der Waals surface area contributed by atoms with E-state index in [1.54, 1.807) is 6.20 Å². The normalized spacial score (nSPS) is 11.8. The molecule has 236 valence electrons. The number of aromatic nitrogens is 5. The van der Waals surface area contributed by atoms with Gasteiger partial charge in [0.1, 0.15) is 11.4 Å². The zero-order valence-electron chi connectivity index (χ0n) is 27.0. The lowest BCUT2D eigenvalue weighted by atomic mass is 9.99. The Hall–Kier alpha value is -6.66. The maximum absolute atomic E-state index is 6.37. The Labute approximate surface area is 287 Å². The molecule has 0 aliphatic heterocycles. The molecule has 50 heavy (non-hydrogen) atoms. The summed E-state index contributed by atoms with van der Waals surface area (Å²) in [6, 6.07) is 48.5. The first-order chi connectivity index (χ1) is 24.8. The van der Waals surface area contributed by atoms with Gasteiger partial charge in [0.2, 0.25) is 0 Å². The summed E-state index contributed by atoms with van der Waals surface area (Å²) in [7, 11) is 0. The molecule has 0 unspecified atom stereocenters. The van der Waals surface area contributed by atoms with Crippen LogP contribution in [0, 0.1) is 0 Å². The van der Waals surface area contributed by atoms with Crippen LogP contribution in [0.2, 0.25) is 0 Å². The third-order valence-corrected chi connectivity index (χ3v) is 9.66. The Morgan fingerprint density at radius 2 is 1.22 bits per heavy atom. The standard InChI is InChI=1S/C44H29N5O/c1-2-11-29(12-3-1)43-46-41(47-44(48-43)31-19-18-28-10-4-5-13-30(28)26-31)23-20-34-38(21-22-39-42(34)35-24-25-45-27-40(35)50-39)49-36-16-8-6-14-32(36)33-15-7-9-17-37(33)49/h1-19,21-22,24-27H,20,23H2. The minimum Gasteiger partial charge on any atom is -0.454 e. The Morgan fingerprint density at radius 3 is 2.02 bits per heavy atom. The third-order valence-electron chi connectivity index (χ3n) is 9.66. The molecule has 10 rings (SSSR count). The fourth-order valence-corrected chi connectivity index (χ4v) is 7.37. The molecule has 6 aromatic carbocycles. The van der Waals surface area contributed by atoms with E-state index in [0.717, 1.165) is 61.0 Å². The van der Waals surface area contributed by atoms with E-state index in [0.29, 0.717) is 24.5 Å². The highest BCUT2D eigenvalue weighted by Crippen LogP contribution is 2.39. The number of rotatable bonds is 6. The topological polar surface area (TPSA) is 69.6 Å². The van der Waals surface area contributed by atoms with Crippen molar-refractivity contribution in [2.75, 3.05) is 0 Å². The SMILES string of the molecule is c1ccc(-c2nc(CCc3c(-n4c5ccccc5c5ccccc54)ccc4oc5cnccc5c34)nc(-c3ccc4ccccc4c3)n2)cc1. The molecule has 0 fully saturated rings. The lowest BCUT2D eigenvalue weighted by Crippen LogP contribution is -2.07. The Morgan fingerprint density at radius 1 is 0.520 bits per heavy atom. The van der Waals surface area contributed by atoms with Gasteiger partial charge in [-0.3, -0.25) is 4.98 Å². The summed E-state index contributed by atoms with van der Waals surface area (Å²) in [5.74, 6) is 2.07. The van der Waals surface area contributed by atoms with Gasteiger partial charge in [-0.05, 0) is 59.2 Å². The van der Waals surface area contributed by atoms with Crippen molar-refractivity contribution in [1.82, 2.24) is 24.5 Å². The summed E-state index contributed by atoms with van der Waals surface area (Å²) in [6.45, 7) is 0. The predicted molar refractivity (Wildman–Crippen MR) is 201 cm³/mol. The number of hydrogen-bond donors (Lipinski definition) is 0. The van der Waals surface area contributed by atoms with E-state index in [4.69, 9.17) is 19.4 Å². The van der Waals surface area contributed by atoms with Gasteiger partial charge in [0.05, 0.1) is 22.9 Å². The van der Waals surface area contributed by atoms with Crippen molar-refractivity contribution in [3.8, 4) is 28.5 Å². The second-order valence-electron chi connectivity index (χ2n) is 12.6. The molecule has 0 spiro atoms. The highest BCUT2D eigenvalue weighted by molar-refractivity contribution is 6.11. The monoisotopic (exact) mass is 643 g/mol. The molecular weight excluding hydrogens is 615 g/mol. The van der Waals surface area contributed by atoms with Crippen LogP contribution in [0.4, 0.5) is 0 Å². The first-order valence-electron chi connectivity index (χ1n) is 16.8. The van der Waals surface area contributed by atoms with E-state index < -0.39 is 0 Å². The van der Waals surface area contributed by atoms with Crippen LogP contribution in [0.15, 0.2) is 156 Å². The highest BCUT2D eigenvalue weighted by atomic mass is 16.3. The van der Waals surface area contributed by atoms with Gasteiger partial charge >= 0.3 is 0 Å². The number of aryl methyl sites for hydroxylation is 2. The van der Waals surface area contributed by atoms with Gasteiger partial charge in [0.25, 0.3) is 0 Å². The molecule has 0 saturated carbocycles. The Balaban J connectivity index is 1.17. The molecule has 0 radical (unpaired) electrons. The van der Waals surface area contributed by atoms with E-state index in [2.05, 4.69) is 131 Å². The molecule has 0 aliphatic carbocycles. The summed E-state index contributed by atoms with van der Waals surface area (Å²) in [5.41, 5.74) is 8.14. The maximum Gasteiger partial charge on any atom is 0.163 e. The van der Waals surface area contributed by atoms with E-state index in [1.807, 2.05) is 24.4 Å². The molecule has 4 heterocycles. The number of pyridine rings is 1. The second-order valence-corrected chi connectivity index (χ2v) is 12.6. The summed E-state index contributed by atoms with van der Waals surface area (Å²) < 4.78 is 8.76. The number of para-hydroxylation sites is 2. The molecule has 0 N–H and O–H groups in total. The van der Waals surface area contributed by atoms with Gasteiger partial charge in [0.15, 0.2) is 17.2 Å². The third kappa shape index (κ3) is 4.65. The number of hydrogen-bond acceptors (Lipinski definition) is 5. The average molecular weight is 644 g/mol. The van der Waals surface area contributed by atoms with Crippen LogP contribution in [-0.4, -0.2) is 24.5 Å². The van der Waals surface area contributed by atoms with Gasteiger partial charge in [-0.15, -0.1) is 0 Å². The van der Waals surface area contributed by atoms with Crippen LogP contribution in [-0.2, 0) is 12.8 Å². The quantitative estimate of drug-likeness (QED) is 0.180. The number of nitrogens with zero attached hydrogens (tertiary/aromatic N) is 5. The van der Waals surface area contributed by atoms with Crippen molar-refractivity contribution in [2.24, 2.45) is 0 Å². The van der Waals surface area contributed by atoms with E-state index in [1.165, 1.54) is 21.7 Å². The first-order valence-corrected chi connectivity index (χ1v) is 16.8. The fraction of sp³-hybridized carbons (Fsp3) is 0.0455. The molecule has 0 amide bonds. The number of benzene rings is 6. The molecule has 4 aromatic heterocycles. The maximum atomic E-state index is 6.37. The molecule has 0 atom stereocenters. The summed E-state index contributed by atoms with van der Waals surface area (Å²) in [4.78, 5) is 19.5. The molecule has 0 saturated heterocycles.